The van der Waals surface area contributed by atoms with Crippen LogP contribution in [0.25, 0.3) is 11.5 Å². The fourth-order valence-electron chi connectivity index (χ4n) is 2.33. The predicted molar refractivity (Wildman–Crippen MR) is 108 cm³/mol. The molecular weight excluding hydrogens is 400 g/mol. The Morgan fingerprint density at radius 2 is 1.89 bits per heavy atom. The number of ketones is 1. The lowest BCUT2D eigenvalue weighted by Gasteiger charge is -2.11. The van der Waals surface area contributed by atoms with E-state index >= 15 is 0 Å². The summed E-state index contributed by atoms with van der Waals surface area (Å²) in [6.45, 7) is 1.94. The number of benzene rings is 2. The molecule has 2 aromatic carbocycles. The summed E-state index contributed by atoms with van der Waals surface area (Å²) in [7, 11) is 0. The van der Waals surface area contributed by atoms with E-state index in [1.807, 2.05) is 6.92 Å². The van der Waals surface area contributed by atoms with Gasteiger partial charge in [0.25, 0.3) is 5.22 Å². The number of ether oxygens (including phenoxy) is 1. The van der Waals surface area contributed by atoms with Gasteiger partial charge >= 0.3 is 0 Å². The topological polar surface area (TPSA) is 85.5 Å². The number of aliphatic hydroxyl groups is 1. The molecule has 0 bridgehead atoms. The molecule has 8 heteroatoms. The second kappa shape index (κ2) is 9.73. The maximum absolute atomic E-state index is 11.6. The van der Waals surface area contributed by atoms with Crippen LogP contribution in [0.15, 0.2) is 58.2 Å². The Balaban J connectivity index is 1.46. The van der Waals surface area contributed by atoms with E-state index < -0.39 is 6.10 Å². The first-order chi connectivity index (χ1) is 13.5. The molecule has 0 aliphatic rings. The van der Waals surface area contributed by atoms with Crippen LogP contribution in [0.3, 0.4) is 0 Å². The highest BCUT2D eigenvalue weighted by Gasteiger charge is 2.13. The molecule has 0 radical (unpaired) electrons. The van der Waals surface area contributed by atoms with E-state index in [1.165, 1.54) is 11.8 Å². The molecule has 3 rings (SSSR count). The number of thioether (sulfide) groups is 1. The van der Waals surface area contributed by atoms with Gasteiger partial charge in [0.15, 0.2) is 5.78 Å². The average Bonchev–Trinajstić information content (AvgIpc) is 3.20. The van der Waals surface area contributed by atoms with Crippen LogP contribution in [0.5, 0.6) is 5.75 Å². The van der Waals surface area contributed by atoms with E-state index in [0.29, 0.717) is 39.6 Å². The minimum Gasteiger partial charge on any atom is -0.491 e. The zero-order valence-electron chi connectivity index (χ0n) is 15.2. The summed E-state index contributed by atoms with van der Waals surface area (Å²) in [5.74, 6) is 1.42. The van der Waals surface area contributed by atoms with E-state index in [-0.39, 0.29) is 12.4 Å². The SMILES string of the molecule is CCC(=O)c1ccc(OC[C@H](O)CSc2nnc(-c3ccc(Cl)cc3)o2)cc1. The van der Waals surface area contributed by atoms with Crippen molar-refractivity contribution in [2.24, 2.45) is 0 Å². The summed E-state index contributed by atoms with van der Waals surface area (Å²) < 4.78 is 11.1. The lowest BCUT2D eigenvalue weighted by molar-refractivity contribution is 0.0987. The lowest BCUT2D eigenvalue weighted by Crippen LogP contribution is -2.20. The van der Waals surface area contributed by atoms with Gasteiger partial charge in [0, 0.05) is 28.3 Å². The van der Waals surface area contributed by atoms with Crippen molar-refractivity contribution in [3.63, 3.8) is 0 Å². The third-order valence-corrected chi connectivity index (χ3v) is 5.05. The van der Waals surface area contributed by atoms with Crippen molar-refractivity contribution in [2.75, 3.05) is 12.4 Å². The van der Waals surface area contributed by atoms with Crippen molar-refractivity contribution in [3.8, 4) is 17.2 Å². The lowest BCUT2D eigenvalue weighted by atomic mass is 10.1. The van der Waals surface area contributed by atoms with Crippen LogP contribution in [-0.4, -0.2) is 39.6 Å². The minimum absolute atomic E-state index is 0.0838. The van der Waals surface area contributed by atoms with Gasteiger partial charge in [0.2, 0.25) is 5.89 Å². The normalized spacial score (nSPS) is 12.0. The van der Waals surface area contributed by atoms with Gasteiger partial charge in [-0.1, -0.05) is 30.3 Å². The van der Waals surface area contributed by atoms with Crippen LogP contribution in [0, 0.1) is 0 Å². The summed E-state index contributed by atoms with van der Waals surface area (Å²) in [6, 6.07) is 14.0. The fourth-order valence-corrected chi connectivity index (χ4v) is 3.12. The summed E-state index contributed by atoms with van der Waals surface area (Å²) in [5, 5.41) is 19.1. The predicted octanol–water partition coefficient (Wildman–Crippen LogP) is 4.51. The quantitative estimate of drug-likeness (QED) is 0.404. The Labute approximate surface area is 171 Å². The van der Waals surface area contributed by atoms with E-state index in [1.54, 1.807) is 48.5 Å². The van der Waals surface area contributed by atoms with Gasteiger partial charge in [0.05, 0.1) is 6.10 Å². The molecule has 0 aliphatic heterocycles. The Kier molecular flexibility index (Phi) is 7.08. The molecule has 0 saturated heterocycles. The average molecular weight is 419 g/mol. The molecule has 0 unspecified atom stereocenters. The third kappa shape index (κ3) is 5.58. The Hall–Kier alpha value is -2.35. The molecular formula is C20H19ClN2O4S. The number of aliphatic hydroxyl groups excluding tert-OH is 1. The van der Waals surface area contributed by atoms with Crippen LogP contribution in [0.1, 0.15) is 23.7 Å². The van der Waals surface area contributed by atoms with E-state index in [2.05, 4.69) is 10.2 Å². The smallest absolute Gasteiger partial charge is 0.276 e. The number of hydrogen-bond donors (Lipinski definition) is 1. The molecule has 0 amide bonds. The third-order valence-electron chi connectivity index (χ3n) is 3.84. The monoisotopic (exact) mass is 418 g/mol. The highest BCUT2D eigenvalue weighted by Crippen LogP contribution is 2.25. The second-order valence-electron chi connectivity index (χ2n) is 5.96. The molecule has 146 valence electrons. The van der Waals surface area contributed by atoms with Gasteiger partial charge in [-0.25, -0.2) is 0 Å². The first kappa shape index (κ1) is 20.4. The van der Waals surface area contributed by atoms with Crippen LogP contribution < -0.4 is 4.74 Å². The summed E-state index contributed by atoms with van der Waals surface area (Å²) in [5.41, 5.74) is 1.43. The minimum atomic E-state index is -0.715. The largest absolute Gasteiger partial charge is 0.491 e. The van der Waals surface area contributed by atoms with Crippen molar-refractivity contribution >= 4 is 29.1 Å². The fraction of sp³-hybridized carbons (Fsp3) is 0.250. The number of halogens is 1. The highest BCUT2D eigenvalue weighted by molar-refractivity contribution is 7.99. The number of carbonyl (C=O) groups is 1. The molecule has 1 aromatic heterocycles. The standard InChI is InChI=1S/C20H19ClN2O4S/c1-2-18(25)13-5-9-17(10-6-13)26-11-16(24)12-28-20-23-22-19(27-20)14-3-7-15(21)8-4-14/h3-10,16,24H,2,11-12H2,1H3/t16-/m0/s1. The van der Waals surface area contributed by atoms with Crippen LogP contribution in [-0.2, 0) is 0 Å². The van der Waals surface area contributed by atoms with Gasteiger partial charge in [-0.2, -0.15) is 0 Å². The van der Waals surface area contributed by atoms with Gasteiger partial charge < -0.3 is 14.3 Å². The highest BCUT2D eigenvalue weighted by atomic mass is 35.5. The van der Waals surface area contributed by atoms with Crippen LogP contribution in [0.2, 0.25) is 5.02 Å². The van der Waals surface area contributed by atoms with Crippen molar-refractivity contribution < 1.29 is 19.1 Å². The molecule has 0 saturated carbocycles. The van der Waals surface area contributed by atoms with E-state index in [9.17, 15) is 9.90 Å². The zero-order chi connectivity index (χ0) is 19.9. The van der Waals surface area contributed by atoms with Gasteiger partial charge in [-0.3, -0.25) is 4.79 Å². The molecule has 0 fully saturated rings. The Morgan fingerprint density at radius 1 is 1.18 bits per heavy atom. The van der Waals surface area contributed by atoms with Crippen LogP contribution >= 0.6 is 23.4 Å². The van der Waals surface area contributed by atoms with Crippen LogP contribution in [0.4, 0.5) is 0 Å². The maximum atomic E-state index is 11.6. The Morgan fingerprint density at radius 3 is 2.57 bits per heavy atom. The number of Topliss-reactive ketones (excluding diaryl/α,β-unsaturated/α-hetero) is 1. The summed E-state index contributed by atoms with van der Waals surface area (Å²) >= 11 is 7.12. The van der Waals surface area contributed by atoms with Crippen molar-refractivity contribution in [3.05, 3.63) is 59.1 Å². The van der Waals surface area contributed by atoms with Crippen molar-refractivity contribution in [1.82, 2.24) is 10.2 Å². The van der Waals surface area contributed by atoms with Gasteiger partial charge in [0.1, 0.15) is 12.4 Å². The second-order valence-corrected chi connectivity index (χ2v) is 7.36. The molecule has 0 aliphatic carbocycles. The van der Waals surface area contributed by atoms with E-state index in [4.69, 9.17) is 20.8 Å². The zero-order valence-corrected chi connectivity index (χ0v) is 16.7. The van der Waals surface area contributed by atoms with Gasteiger partial charge in [-0.05, 0) is 48.5 Å². The van der Waals surface area contributed by atoms with Crippen molar-refractivity contribution in [1.29, 1.82) is 0 Å². The molecule has 1 atom stereocenters. The number of nitrogens with zero attached hydrogens (tertiary/aromatic N) is 2. The Bertz CT molecular complexity index is 913. The number of carbonyl (C=O) groups excluding carboxylic acids is 1. The molecule has 28 heavy (non-hydrogen) atoms. The molecule has 3 aromatic rings. The molecule has 1 heterocycles. The summed E-state index contributed by atoms with van der Waals surface area (Å²) in [6.07, 6.45) is -0.251. The van der Waals surface area contributed by atoms with Gasteiger partial charge in [-0.15, -0.1) is 10.2 Å². The molecule has 6 nitrogen and oxygen atoms in total. The molecule has 1 N–H and O–H groups in total. The summed E-state index contributed by atoms with van der Waals surface area (Å²) in [4.78, 5) is 11.6. The first-order valence-corrected chi connectivity index (χ1v) is 10.1. The first-order valence-electron chi connectivity index (χ1n) is 8.71. The number of rotatable bonds is 9. The number of hydrogen-bond acceptors (Lipinski definition) is 7. The molecule has 0 spiro atoms. The van der Waals surface area contributed by atoms with Crippen molar-refractivity contribution in [2.45, 2.75) is 24.7 Å². The number of aromatic nitrogens is 2. The maximum Gasteiger partial charge on any atom is 0.276 e. The van der Waals surface area contributed by atoms with E-state index in [0.717, 1.165) is 5.56 Å².